The van der Waals surface area contributed by atoms with Crippen LogP contribution in [0.25, 0.3) is 0 Å². The minimum absolute atomic E-state index is 0.00446. The predicted molar refractivity (Wildman–Crippen MR) is 94.6 cm³/mol. The Bertz CT molecular complexity index is 838. The van der Waals surface area contributed by atoms with E-state index in [1.807, 2.05) is 0 Å². The minimum Gasteiger partial charge on any atom is -0.474 e. The number of nitrogens with one attached hydrogen (secondary N) is 1. The molecule has 9 heteroatoms. The molecule has 2 rings (SSSR count). The van der Waals surface area contributed by atoms with Crippen molar-refractivity contribution in [1.82, 2.24) is 0 Å². The molecule has 0 unspecified atom stereocenters. The van der Waals surface area contributed by atoms with E-state index >= 15 is 0 Å². The highest BCUT2D eigenvalue weighted by atomic mass is 35.5. The molecule has 136 valence electrons. The van der Waals surface area contributed by atoms with Gasteiger partial charge >= 0.3 is 11.7 Å². The summed E-state index contributed by atoms with van der Waals surface area (Å²) in [6.07, 6.45) is -1.02. The number of carbonyl (C=O) groups excluding carboxylic acids is 2. The second-order valence-electron chi connectivity index (χ2n) is 5.19. The maximum Gasteiger partial charge on any atom is 0.338 e. The normalized spacial score (nSPS) is 11.3. The molecule has 0 aliphatic heterocycles. The number of methoxy groups -OCH3 is 1. The molecule has 0 bridgehead atoms. The number of benzene rings is 2. The van der Waals surface area contributed by atoms with Gasteiger partial charge in [-0.1, -0.05) is 11.6 Å². The van der Waals surface area contributed by atoms with Crippen LogP contribution in [0.4, 0.5) is 11.4 Å². The van der Waals surface area contributed by atoms with Crippen molar-refractivity contribution in [3.63, 3.8) is 0 Å². The standard InChI is InChI=1S/C17H15ClN2O6/c1-10(16(21)19-13-6-4-12(18)5-7-13)26-15-8-3-11(17(22)25-2)9-14(15)20(23)24/h3-10H,1-2H3,(H,19,21)/t10-/m1/s1. The van der Waals surface area contributed by atoms with Gasteiger partial charge in [0.25, 0.3) is 5.91 Å². The Kier molecular flexibility index (Phi) is 6.13. The molecule has 0 radical (unpaired) electrons. The van der Waals surface area contributed by atoms with Gasteiger partial charge in [-0.15, -0.1) is 0 Å². The highest BCUT2D eigenvalue weighted by Crippen LogP contribution is 2.29. The third-order valence-electron chi connectivity index (χ3n) is 3.36. The lowest BCUT2D eigenvalue weighted by atomic mass is 10.2. The molecule has 8 nitrogen and oxygen atoms in total. The van der Waals surface area contributed by atoms with Gasteiger partial charge in [-0.05, 0) is 43.3 Å². The van der Waals surface area contributed by atoms with Crippen LogP contribution in [0.15, 0.2) is 42.5 Å². The maximum atomic E-state index is 12.2. The van der Waals surface area contributed by atoms with E-state index in [-0.39, 0.29) is 11.3 Å². The second kappa shape index (κ2) is 8.30. The van der Waals surface area contributed by atoms with Crippen LogP contribution in [0, 0.1) is 10.1 Å². The minimum atomic E-state index is -1.02. The molecule has 26 heavy (non-hydrogen) atoms. The van der Waals surface area contributed by atoms with E-state index in [4.69, 9.17) is 16.3 Å². The average molecular weight is 379 g/mol. The molecular weight excluding hydrogens is 364 g/mol. The number of hydrogen-bond donors (Lipinski definition) is 1. The molecule has 0 aliphatic carbocycles. The number of nitro groups is 1. The first kappa shape index (κ1) is 19.2. The molecule has 0 saturated heterocycles. The largest absolute Gasteiger partial charge is 0.474 e. The number of nitrogens with zero attached hydrogens (tertiary/aromatic N) is 1. The Morgan fingerprint density at radius 3 is 2.42 bits per heavy atom. The maximum absolute atomic E-state index is 12.2. The van der Waals surface area contributed by atoms with E-state index in [2.05, 4.69) is 10.1 Å². The van der Waals surface area contributed by atoms with Gasteiger partial charge in [-0.3, -0.25) is 14.9 Å². The van der Waals surface area contributed by atoms with E-state index < -0.39 is 28.6 Å². The van der Waals surface area contributed by atoms with Crippen LogP contribution in [0.3, 0.4) is 0 Å². The Morgan fingerprint density at radius 2 is 1.85 bits per heavy atom. The van der Waals surface area contributed by atoms with Crippen molar-refractivity contribution < 1.29 is 24.0 Å². The van der Waals surface area contributed by atoms with E-state index in [9.17, 15) is 19.7 Å². The summed E-state index contributed by atoms with van der Waals surface area (Å²) in [7, 11) is 1.17. The fourth-order valence-electron chi connectivity index (χ4n) is 2.03. The first-order valence-electron chi connectivity index (χ1n) is 7.41. The number of anilines is 1. The van der Waals surface area contributed by atoms with Crippen LogP contribution in [-0.4, -0.2) is 30.0 Å². The molecule has 1 atom stereocenters. The van der Waals surface area contributed by atoms with Crippen LogP contribution in [0.1, 0.15) is 17.3 Å². The number of nitro benzene ring substituents is 1. The molecule has 0 aliphatic rings. The van der Waals surface area contributed by atoms with Gasteiger partial charge in [0.1, 0.15) is 0 Å². The van der Waals surface area contributed by atoms with Gasteiger partial charge in [-0.2, -0.15) is 0 Å². The van der Waals surface area contributed by atoms with Crippen molar-refractivity contribution in [2.45, 2.75) is 13.0 Å². The first-order valence-corrected chi connectivity index (χ1v) is 7.79. The van der Waals surface area contributed by atoms with Crippen molar-refractivity contribution in [2.75, 3.05) is 12.4 Å². The van der Waals surface area contributed by atoms with E-state index in [1.54, 1.807) is 24.3 Å². The zero-order chi connectivity index (χ0) is 19.3. The lowest BCUT2D eigenvalue weighted by Crippen LogP contribution is -2.30. The van der Waals surface area contributed by atoms with Crippen molar-refractivity contribution in [3.05, 3.63) is 63.2 Å². The zero-order valence-corrected chi connectivity index (χ0v) is 14.6. The second-order valence-corrected chi connectivity index (χ2v) is 5.62. The van der Waals surface area contributed by atoms with Gasteiger partial charge in [0.2, 0.25) is 0 Å². The summed E-state index contributed by atoms with van der Waals surface area (Å²) < 4.78 is 9.93. The Morgan fingerprint density at radius 1 is 1.19 bits per heavy atom. The number of amides is 1. The first-order chi connectivity index (χ1) is 12.3. The van der Waals surface area contributed by atoms with Crippen LogP contribution in [0.5, 0.6) is 5.75 Å². The van der Waals surface area contributed by atoms with Crippen LogP contribution in [0.2, 0.25) is 5.02 Å². The molecule has 0 heterocycles. The predicted octanol–water partition coefficient (Wildman–Crippen LogP) is 3.44. The van der Waals surface area contributed by atoms with Crippen LogP contribution < -0.4 is 10.1 Å². The molecule has 1 amide bonds. The van der Waals surface area contributed by atoms with Gasteiger partial charge in [0, 0.05) is 16.8 Å². The molecule has 1 N–H and O–H groups in total. The molecule has 0 saturated carbocycles. The summed E-state index contributed by atoms with van der Waals surface area (Å²) in [6.45, 7) is 1.45. The molecule has 0 fully saturated rings. The van der Waals surface area contributed by atoms with E-state index in [0.29, 0.717) is 10.7 Å². The summed E-state index contributed by atoms with van der Waals surface area (Å²) in [6, 6.07) is 10.0. The highest BCUT2D eigenvalue weighted by molar-refractivity contribution is 6.30. The summed E-state index contributed by atoms with van der Waals surface area (Å²) in [4.78, 5) is 34.2. The summed E-state index contributed by atoms with van der Waals surface area (Å²) >= 11 is 5.78. The van der Waals surface area contributed by atoms with Gasteiger partial charge in [-0.25, -0.2) is 4.79 Å². The van der Waals surface area contributed by atoms with Crippen LogP contribution >= 0.6 is 11.6 Å². The van der Waals surface area contributed by atoms with Gasteiger partial charge in [0.05, 0.1) is 17.6 Å². The third kappa shape index (κ3) is 4.70. The lowest BCUT2D eigenvalue weighted by Gasteiger charge is -2.15. The smallest absolute Gasteiger partial charge is 0.338 e. The molecule has 0 spiro atoms. The number of ether oxygens (including phenoxy) is 2. The van der Waals surface area contributed by atoms with Crippen molar-refractivity contribution in [1.29, 1.82) is 0 Å². The Balaban J connectivity index is 2.15. The fraction of sp³-hybridized carbons (Fsp3) is 0.176. The number of halogens is 1. The quantitative estimate of drug-likeness (QED) is 0.468. The van der Waals surface area contributed by atoms with Gasteiger partial charge in [0.15, 0.2) is 11.9 Å². The number of esters is 1. The monoisotopic (exact) mass is 378 g/mol. The molecule has 2 aromatic carbocycles. The van der Waals surface area contributed by atoms with Crippen molar-refractivity contribution in [2.24, 2.45) is 0 Å². The van der Waals surface area contributed by atoms with Crippen molar-refractivity contribution >= 4 is 34.9 Å². The number of rotatable bonds is 6. The Hall–Kier alpha value is -3.13. The van der Waals surface area contributed by atoms with Crippen molar-refractivity contribution in [3.8, 4) is 5.75 Å². The summed E-state index contributed by atoms with van der Waals surface area (Å²) in [5, 5.41) is 14.4. The molecular formula is C17H15ClN2O6. The number of hydrogen-bond acceptors (Lipinski definition) is 6. The topological polar surface area (TPSA) is 108 Å². The highest BCUT2D eigenvalue weighted by Gasteiger charge is 2.23. The van der Waals surface area contributed by atoms with Crippen LogP contribution in [-0.2, 0) is 9.53 Å². The Labute approximate surface area is 153 Å². The average Bonchev–Trinajstić information content (AvgIpc) is 2.62. The third-order valence-corrected chi connectivity index (χ3v) is 3.61. The zero-order valence-electron chi connectivity index (χ0n) is 13.9. The van der Waals surface area contributed by atoms with Gasteiger partial charge < -0.3 is 14.8 Å². The lowest BCUT2D eigenvalue weighted by molar-refractivity contribution is -0.386. The SMILES string of the molecule is COC(=O)c1ccc(O[C@H](C)C(=O)Nc2ccc(Cl)cc2)c([N+](=O)[O-])c1. The van der Waals surface area contributed by atoms with E-state index in [0.717, 1.165) is 6.07 Å². The summed E-state index contributed by atoms with van der Waals surface area (Å²) in [5.74, 6) is -1.35. The van der Waals surface area contributed by atoms with E-state index in [1.165, 1.54) is 26.2 Å². The number of carbonyl (C=O) groups is 2. The summed E-state index contributed by atoms with van der Waals surface area (Å²) in [5.41, 5.74) is 0.0641. The molecule has 2 aromatic rings. The molecule has 0 aromatic heterocycles. The fourth-order valence-corrected chi connectivity index (χ4v) is 2.15.